The van der Waals surface area contributed by atoms with Crippen LogP contribution in [0.4, 0.5) is 0 Å². The number of halogens is 4. The molecule has 3 rings (SSSR count). The Morgan fingerprint density at radius 2 is 1.68 bits per heavy atom. The summed E-state index contributed by atoms with van der Waals surface area (Å²) in [5.41, 5.74) is 1.06. The molecule has 1 aromatic carbocycles. The number of hydrogen-bond acceptors (Lipinski definition) is 3. The van der Waals surface area contributed by atoms with E-state index in [1.54, 1.807) is 0 Å². The Morgan fingerprint density at radius 1 is 1.09 bits per heavy atom. The molecule has 1 atom stereocenters. The molecule has 3 nitrogen and oxygen atoms in total. The zero-order valence-electron chi connectivity index (χ0n) is 12.2. The van der Waals surface area contributed by atoms with E-state index in [0.29, 0.717) is 17.7 Å². The van der Waals surface area contributed by atoms with Crippen LogP contribution in [0.3, 0.4) is 0 Å². The van der Waals surface area contributed by atoms with Crippen LogP contribution >= 0.6 is 56.7 Å². The number of rotatable bonds is 3. The lowest BCUT2D eigenvalue weighted by atomic mass is 9.76. The maximum absolute atomic E-state index is 10.5. The molecule has 1 aliphatic carbocycles. The number of phenols is 1. The Labute approximate surface area is 161 Å². The van der Waals surface area contributed by atoms with Crippen LogP contribution in [-0.4, -0.2) is 36.2 Å². The molecule has 2 fully saturated rings. The van der Waals surface area contributed by atoms with Gasteiger partial charge in [-0.05, 0) is 46.8 Å². The normalized spacial score (nSPS) is 20.5. The molecule has 0 amide bonds. The summed E-state index contributed by atoms with van der Waals surface area (Å²) in [6, 6.07) is 4.27. The highest BCUT2D eigenvalue weighted by Crippen LogP contribution is 2.48. The van der Waals surface area contributed by atoms with Crippen LogP contribution in [0.5, 0.6) is 5.75 Å². The fourth-order valence-corrected chi connectivity index (χ4v) is 4.17. The van der Waals surface area contributed by atoms with Crippen molar-refractivity contribution in [2.45, 2.75) is 25.3 Å². The van der Waals surface area contributed by atoms with Crippen LogP contribution in [0.25, 0.3) is 0 Å². The number of aromatic hydroxyl groups is 1. The highest BCUT2D eigenvalue weighted by atomic mass is 79.9. The standard InChI is InChI=1S/C15H20Br2N2O.2ClH/c16-11-4-5-12(17)15(20)13(11)14(10-2-1-3-10)19-8-6-18-7-9-19;;/h4-5,10,14,18,20H,1-3,6-9H2;2*1H/t14-;;/m0../s1. The van der Waals surface area contributed by atoms with Crippen molar-refractivity contribution in [1.29, 1.82) is 0 Å². The van der Waals surface area contributed by atoms with Crippen LogP contribution in [0, 0.1) is 5.92 Å². The van der Waals surface area contributed by atoms with Crippen molar-refractivity contribution >= 4 is 56.7 Å². The van der Waals surface area contributed by atoms with E-state index in [-0.39, 0.29) is 24.8 Å². The lowest BCUT2D eigenvalue weighted by Gasteiger charge is -2.43. The maximum Gasteiger partial charge on any atom is 0.135 e. The molecule has 0 spiro atoms. The summed E-state index contributed by atoms with van der Waals surface area (Å²) in [5, 5.41) is 13.9. The van der Waals surface area contributed by atoms with Crippen LogP contribution in [0.15, 0.2) is 21.1 Å². The van der Waals surface area contributed by atoms with Gasteiger partial charge in [-0.2, -0.15) is 0 Å². The predicted octanol–water partition coefficient (Wildman–Crippen LogP) is 4.51. The number of nitrogens with zero attached hydrogens (tertiary/aromatic N) is 1. The second-order valence-electron chi connectivity index (χ2n) is 5.71. The molecular weight excluding hydrogens is 455 g/mol. The van der Waals surface area contributed by atoms with Crippen molar-refractivity contribution in [3.05, 3.63) is 26.6 Å². The molecule has 1 aliphatic heterocycles. The molecule has 1 heterocycles. The van der Waals surface area contributed by atoms with E-state index in [1.807, 2.05) is 12.1 Å². The molecule has 1 saturated carbocycles. The zero-order chi connectivity index (χ0) is 14.1. The van der Waals surface area contributed by atoms with Gasteiger partial charge in [-0.25, -0.2) is 0 Å². The summed E-state index contributed by atoms with van der Waals surface area (Å²) >= 11 is 7.11. The fraction of sp³-hybridized carbons (Fsp3) is 0.600. The Hall–Kier alpha value is 0.480. The molecule has 1 aromatic rings. The first-order valence-corrected chi connectivity index (χ1v) is 8.88. The highest BCUT2D eigenvalue weighted by Gasteiger charge is 2.36. The molecule has 7 heteroatoms. The number of nitrogens with one attached hydrogen (secondary N) is 1. The van der Waals surface area contributed by atoms with Crippen LogP contribution in [0.2, 0.25) is 0 Å². The van der Waals surface area contributed by atoms with Gasteiger partial charge in [-0.3, -0.25) is 4.90 Å². The van der Waals surface area contributed by atoms with Gasteiger partial charge in [-0.1, -0.05) is 22.4 Å². The van der Waals surface area contributed by atoms with Gasteiger partial charge in [0.15, 0.2) is 0 Å². The van der Waals surface area contributed by atoms with Gasteiger partial charge in [-0.15, -0.1) is 24.8 Å². The summed E-state index contributed by atoms with van der Waals surface area (Å²) in [6.07, 6.45) is 3.86. The molecular formula is C15H22Br2Cl2N2O. The van der Waals surface area contributed by atoms with Gasteiger partial charge >= 0.3 is 0 Å². The van der Waals surface area contributed by atoms with E-state index in [1.165, 1.54) is 19.3 Å². The quantitative estimate of drug-likeness (QED) is 0.674. The van der Waals surface area contributed by atoms with Crippen molar-refractivity contribution < 1.29 is 5.11 Å². The smallest absolute Gasteiger partial charge is 0.135 e. The summed E-state index contributed by atoms with van der Waals surface area (Å²) in [6.45, 7) is 4.18. The molecule has 0 unspecified atom stereocenters. The van der Waals surface area contributed by atoms with Gasteiger partial charge < -0.3 is 10.4 Å². The summed E-state index contributed by atoms with van der Waals surface area (Å²) < 4.78 is 1.81. The first-order valence-electron chi connectivity index (χ1n) is 7.30. The van der Waals surface area contributed by atoms with Crippen molar-refractivity contribution in [2.24, 2.45) is 5.92 Å². The third-order valence-corrected chi connectivity index (χ3v) is 5.88. The van der Waals surface area contributed by atoms with Crippen molar-refractivity contribution in [2.75, 3.05) is 26.2 Å². The van der Waals surface area contributed by atoms with E-state index >= 15 is 0 Å². The molecule has 126 valence electrons. The minimum absolute atomic E-state index is 0. The molecule has 0 aromatic heterocycles. The van der Waals surface area contributed by atoms with Crippen molar-refractivity contribution in [3.8, 4) is 5.75 Å². The van der Waals surface area contributed by atoms with Crippen molar-refractivity contribution in [1.82, 2.24) is 10.2 Å². The molecule has 1 saturated heterocycles. The highest BCUT2D eigenvalue weighted by molar-refractivity contribution is 9.11. The zero-order valence-corrected chi connectivity index (χ0v) is 17.0. The van der Waals surface area contributed by atoms with Gasteiger partial charge in [0.1, 0.15) is 5.75 Å². The molecule has 2 aliphatic rings. The summed E-state index contributed by atoms with van der Waals surface area (Å²) in [5.74, 6) is 1.07. The van der Waals surface area contributed by atoms with E-state index in [0.717, 1.165) is 40.7 Å². The van der Waals surface area contributed by atoms with Gasteiger partial charge in [0.05, 0.1) is 4.47 Å². The molecule has 2 N–H and O–H groups in total. The second-order valence-corrected chi connectivity index (χ2v) is 7.42. The van der Waals surface area contributed by atoms with Crippen LogP contribution in [-0.2, 0) is 0 Å². The minimum atomic E-state index is 0. The van der Waals surface area contributed by atoms with Gasteiger partial charge in [0, 0.05) is 42.3 Å². The molecule has 22 heavy (non-hydrogen) atoms. The number of hydrogen-bond donors (Lipinski definition) is 2. The van der Waals surface area contributed by atoms with Crippen LogP contribution < -0.4 is 5.32 Å². The van der Waals surface area contributed by atoms with Gasteiger partial charge in [0.2, 0.25) is 0 Å². The average Bonchev–Trinajstić information content (AvgIpc) is 2.41. The van der Waals surface area contributed by atoms with Crippen molar-refractivity contribution in [3.63, 3.8) is 0 Å². The topological polar surface area (TPSA) is 35.5 Å². The number of phenolic OH excluding ortho intramolecular Hbond substituents is 1. The lowest BCUT2D eigenvalue weighted by molar-refractivity contribution is 0.0814. The number of benzene rings is 1. The first-order chi connectivity index (χ1) is 9.68. The molecule has 0 bridgehead atoms. The van der Waals surface area contributed by atoms with E-state index in [2.05, 4.69) is 42.1 Å². The first kappa shape index (κ1) is 20.5. The second kappa shape index (κ2) is 9.09. The van der Waals surface area contributed by atoms with Gasteiger partial charge in [0.25, 0.3) is 0 Å². The Balaban J connectivity index is 0.00000121. The Bertz CT molecular complexity index is 495. The fourth-order valence-electron chi connectivity index (χ4n) is 3.27. The largest absolute Gasteiger partial charge is 0.506 e. The number of piperazine rings is 1. The van der Waals surface area contributed by atoms with E-state index in [9.17, 15) is 5.11 Å². The van der Waals surface area contributed by atoms with E-state index in [4.69, 9.17) is 0 Å². The third-order valence-electron chi connectivity index (χ3n) is 4.55. The van der Waals surface area contributed by atoms with E-state index < -0.39 is 0 Å². The lowest BCUT2D eigenvalue weighted by Crippen LogP contribution is -2.48. The summed E-state index contributed by atoms with van der Waals surface area (Å²) in [7, 11) is 0. The molecule has 0 radical (unpaired) electrons. The summed E-state index contributed by atoms with van der Waals surface area (Å²) in [4.78, 5) is 2.53. The monoisotopic (exact) mass is 474 g/mol. The predicted molar refractivity (Wildman–Crippen MR) is 103 cm³/mol. The average molecular weight is 477 g/mol. The SMILES string of the molecule is Cl.Cl.Oc1c(Br)ccc(Br)c1[C@H](C1CCC1)N1CCNCC1. The Kier molecular flexibility index (Phi) is 8.48. The third kappa shape index (κ3) is 4.11. The minimum Gasteiger partial charge on any atom is -0.506 e. The maximum atomic E-state index is 10.5. The van der Waals surface area contributed by atoms with Crippen LogP contribution in [0.1, 0.15) is 30.9 Å². The Morgan fingerprint density at radius 3 is 2.23 bits per heavy atom.